The Kier molecular flexibility index (Phi) is 5.74. The number of ether oxygens (including phenoxy) is 2. The first kappa shape index (κ1) is 22.4. The maximum Gasteiger partial charge on any atom is 0.320 e. The zero-order valence-corrected chi connectivity index (χ0v) is 18.5. The van der Waals surface area contributed by atoms with Crippen LogP contribution in [-0.4, -0.2) is 58.6 Å². The van der Waals surface area contributed by atoms with Crippen molar-refractivity contribution < 1.29 is 27.8 Å². The number of fused-ring (bicyclic) bond motifs is 1. The van der Waals surface area contributed by atoms with E-state index in [0.29, 0.717) is 50.2 Å². The summed E-state index contributed by atoms with van der Waals surface area (Å²) in [5.41, 5.74) is -0.725. The van der Waals surface area contributed by atoms with Crippen LogP contribution in [0.15, 0.2) is 30.6 Å². The van der Waals surface area contributed by atoms with Gasteiger partial charge < -0.3 is 30.0 Å². The molecule has 2 aromatic heterocycles. The van der Waals surface area contributed by atoms with Crippen LogP contribution in [0.1, 0.15) is 12.8 Å². The van der Waals surface area contributed by atoms with Gasteiger partial charge in [-0.3, -0.25) is 4.79 Å². The number of halogens is 3. The van der Waals surface area contributed by atoms with Crippen molar-refractivity contribution in [3.63, 3.8) is 0 Å². The molecule has 2 aliphatic rings. The largest absolute Gasteiger partial charge is 0.450 e. The average Bonchev–Trinajstić information content (AvgIpc) is 3.50. The van der Waals surface area contributed by atoms with E-state index in [4.69, 9.17) is 21.1 Å². The normalized spacial score (nSPS) is 16.9. The summed E-state index contributed by atoms with van der Waals surface area (Å²) in [6.07, 6.45) is 3.88. The molecule has 0 unspecified atom stereocenters. The van der Waals surface area contributed by atoms with Crippen LogP contribution in [0.5, 0.6) is 11.5 Å². The number of carbonyl (C=O) groups excluding carboxylic acids is 2. The molecule has 34 heavy (non-hydrogen) atoms. The van der Waals surface area contributed by atoms with Gasteiger partial charge in [0.15, 0.2) is 17.4 Å². The first-order valence-corrected chi connectivity index (χ1v) is 11.0. The van der Waals surface area contributed by atoms with Crippen molar-refractivity contribution in [3.8, 4) is 11.5 Å². The standard InChI is InChI=1S/C22H20ClF2N5O4/c23-13-11-27-19-17(13)16(1-4-26-19)34-18-14(24)9-12(10-15(18)25)28-21(32)29-22(2-3-22)20(31)30-5-7-33-8-6-30/h1,4,9-11H,2-3,5-8H2,(H,26,27)(H2,28,29,32). The molecular weight excluding hydrogens is 472 g/mol. The van der Waals surface area contributed by atoms with E-state index in [9.17, 15) is 18.4 Å². The first-order valence-electron chi connectivity index (χ1n) is 10.6. The van der Waals surface area contributed by atoms with Crippen LogP contribution in [0, 0.1) is 11.6 Å². The summed E-state index contributed by atoms with van der Waals surface area (Å²) in [6, 6.07) is 2.56. The second-order valence-electron chi connectivity index (χ2n) is 8.11. The third kappa shape index (κ3) is 4.24. The summed E-state index contributed by atoms with van der Waals surface area (Å²) in [7, 11) is 0. The number of hydrogen-bond donors (Lipinski definition) is 3. The summed E-state index contributed by atoms with van der Waals surface area (Å²) in [5, 5.41) is 5.70. The highest BCUT2D eigenvalue weighted by atomic mass is 35.5. The number of carbonyl (C=O) groups is 2. The molecule has 3 heterocycles. The predicted octanol–water partition coefficient (Wildman–Crippen LogP) is 3.80. The number of anilines is 1. The monoisotopic (exact) mass is 491 g/mol. The van der Waals surface area contributed by atoms with Crippen molar-refractivity contribution in [1.29, 1.82) is 0 Å². The number of aromatic amines is 1. The van der Waals surface area contributed by atoms with E-state index >= 15 is 0 Å². The molecule has 5 rings (SSSR count). The van der Waals surface area contributed by atoms with E-state index in [-0.39, 0.29) is 22.4 Å². The molecule has 1 saturated heterocycles. The Labute approximate surface area is 197 Å². The molecule has 2 fully saturated rings. The van der Waals surface area contributed by atoms with Gasteiger partial charge in [-0.15, -0.1) is 0 Å². The second kappa shape index (κ2) is 8.73. The number of aromatic nitrogens is 2. The zero-order valence-electron chi connectivity index (χ0n) is 17.8. The lowest BCUT2D eigenvalue weighted by Crippen LogP contribution is -2.54. The van der Waals surface area contributed by atoms with Gasteiger partial charge in [0.1, 0.15) is 16.9 Å². The molecule has 3 amide bonds. The van der Waals surface area contributed by atoms with Gasteiger partial charge in [-0.05, 0) is 18.9 Å². The van der Waals surface area contributed by atoms with Crippen molar-refractivity contribution in [2.45, 2.75) is 18.4 Å². The predicted molar refractivity (Wildman–Crippen MR) is 119 cm³/mol. The molecule has 3 N–H and O–H groups in total. The lowest BCUT2D eigenvalue weighted by Gasteiger charge is -2.30. The number of urea groups is 1. The van der Waals surface area contributed by atoms with Crippen LogP contribution in [0.2, 0.25) is 5.02 Å². The lowest BCUT2D eigenvalue weighted by molar-refractivity contribution is -0.138. The number of hydrogen-bond acceptors (Lipinski definition) is 5. The number of amides is 3. The minimum atomic E-state index is -1.03. The summed E-state index contributed by atoms with van der Waals surface area (Å²) in [6.45, 7) is 1.81. The average molecular weight is 492 g/mol. The van der Waals surface area contributed by atoms with Crippen LogP contribution < -0.4 is 15.4 Å². The molecule has 178 valence electrons. The van der Waals surface area contributed by atoms with E-state index in [1.165, 1.54) is 18.5 Å². The van der Waals surface area contributed by atoms with Crippen molar-refractivity contribution in [2.75, 3.05) is 31.6 Å². The fourth-order valence-electron chi connectivity index (χ4n) is 3.88. The van der Waals surface area contributed by atoms with Gasteiger partial charge in [0.2, 0.25) is 5.91 Å². The summed E-state index contributed by atoms with van der Waals surface area (Å²) in [5.74, 6) is -2.78. The van der Waals surface area contributed by atoms with Gasteiger partial charge in [-0.25, -0.2) is 18.6 Å². The van der Waals surface area contributed by atoms with E-state index in [1.54, 1.807) is 4.90 Å². The van der Waals surface area contributed by atoms with Crippen molar-refractivity contribution >= 4 is 40.3 Å². The molecule has 3 aromatic rings. The Balaban J connectivity index is 1.28. The SMILES string of the molecule is O=C(Nc1cc(F)c(Oc2ccnc3[nH]cc(Cl)c23)c(F)c1)NC1(C(=O)N2CCOCC2)CC1. The van der Waals surface area contributed by atoms with Crippen LogP contribution in [0.4, 0.5) is 19.3 Å². The number of nitrogens with zero attached hydrogens (tertiary/aromatic N) is 2. The zero-order chi connectivity index (χ0) is 23.9. The number of rotatable bonds is 5. The minimum Gasteiger partial charge on any atom is -0.450 e. The van der Waals surface area contributed by atoms with E-state index < -0.39 is 29.0 Å². The number of nitrogens with one attached hydrogen (secondary N) is 3. The third-order valence-corrected chi connectivity index (χ3v) is 6.06. The van der Waals surface area contributed by atoms with Gasteiger partial charge in [-0.2, -0.15) is 0 Å². The molecule has 0 radical (unpaired) electrons. The van der Waals surface area contributed by atoms with Gasteiger partial charge in [0.05, 0.1) is 23.6 Å². The first-order chi connectivity index (χ1) is 16.4. The molecule has 0 bridgehead atoms. The summed E-state index contributed by atoms with van der Waals surface area (Å²) >= 11 is 6.11. The van der Waals surface area contributed by atoms with Gasteiger partial charge in [0, 0.05) is 43.3 Å². The molecule has 0 spiro atoms. The maximum absolute atomic E-state index is 14.7. The fourth-order valence-corrected chi connectivity index (χ4v) is 4.12. The van der Waals surface area contributed by atoms with Crippen LogP contribution >= 0.6 is 11.6 Å². The lowest BCUT2D eigenvalue weighted by atomic mass is 10.2. The molecule has 1 saturated carbocycles. The van der Waals surface area contributed by atoms with Crippen LogP contribution in [-0.2, 0) is 9.53 Å². The summed E-state index contributed by atoms with van der Waals surface area (Å²) < 4.78 is 40.2. The number of H-pyrrole nitrogens is 1. The Morgan fingerprint density at radius 3 is 2.59 bits per heavy atom. The smallest absolute Gasteiger partial charge is 0.320 e. The fraction of sp³-hybridized carbons (Fsp3) is 0.318. The van der Waals surface area contributed by atoms with Crippen molar-refractivity contribution in [3.05, 3.63) is 47.2 Å². The number of pyridine rings is 1. The number of benzene rings is 1. The second-order valence-corrected chi connectivity index (χ2v) is 8.51. The van der Waals surface area contributed by atoms with Crippen LogP contribution in [0.25, 0.3) is 11.0 Å². The Morgan fingerprint density at radius 2 is 1.91 bits per heavy atom. The molecule has 1 aromatic carbocycles. The molecule has 1 aliphatic carbocycles. The summed E-state index contributed by atoms with van der Waals surface area (Å²) in [4.78, 5) is 33.8. The topological polar surface area (TPSA) is 109 Å². The molecule has 1 aliphatic heterocycles. The quantitative estimate of drug-likeness (QED) is 0.503. The molecule has 9 nitrogen and oxygen atoms in total. The number of morpholine rings is 1. The molecule has 12 heteroatoms. The molecule has 0 atom stereocenters. The Hall–Kier alpha value is -3.44. The van der Waals surface area contributed by atoms with Gasteiger partial charge in [0.25, 0.3) is 0 Å². The van der Waals surface area contributed by atoms with Gasteiger partial charge >= 0.3 is 6.03 Å². The third-order valence-electron chi connectivity index (χ3n) is 5.77. The minimum absolute atomic E-state index is 0.116. The Morgan fingerprint density at radius 1 is 1.21 bits per heavy atom. The van der Waals surface area contributed by atoms with E-state index in [0.717, 1.165) is 12.1 Å². The van der Waals surface area contributed by atoms with Crippen molar-refractivity contribution in [2.24, 2.45) is 0 Å². The highest BCUT2D eigenvalue weighted by molar-refractivity contribution is 6.36. The Bertz CT molecular complexity index is 1250. The highest BCUT2D eigenvalue weighted by Crippen LogP contribution is 2.38. The highest BCUT2D eigenvalue weighted by Gasteiger charge is 2.53. The van der Waals surface area contributed by atoms with Gasteiger partial charge in [-0.1, -0.05) is 11.6 Å². The van der Waals surface area contributed by atoms with E-state index in [1.807, 2.05) is 0 Å². The van der Waals surface area contributed by atoms with E-state index in [2.05, 4.69) is 20.6 Å². The van der Waals surface area contributed by atoms with Crippen LogP contribution in [0.3, 0.4) is 0 Å². The molecular formula is C22H20ClF2N5O4. The maximum atomic E-state index is 14.7. The van der Waals surface area contributed by atoms with Crippen molar-refractivity contribution in [1.82, 2.24) is 20.2 Å².